The lowest BCUT2D eigenvalue weighted by molar-refractivity contribution is 0.0697. The second-order valence-corrected chi connectivity index (χ2v) is 8.11. The van der Waals surface area contributed by atoms with E-state index in [0.717, 1.165) is 43.6 Å². The van der Waals surface area contributed by atoms with E-state index in [-0.39, 0.29) is 5.82 Å². The number of benzene rings is 3. The van der Waals surface area contributed by atoms with Gasteiger partial charge in [0.15, 0.2) is 0 Å². The highest BCUT2D eigenvalue weighted by Crippen LogP contribution is 2.25. The van der Waals surface area contributed by atoms with E-state index >= 15 is 0 Å². The molecule has 1 heterocycles. The summed E-state index contributed by atoms with van der Waals surface area (Å²) in [7, 11) is 0. The fourth-order valence-corrected chi connectivity index (χ4v) is 4.22. The summed E-state index contributed by atoms with van der Waals surface area (Å²) in [5.74, 6) is -1.10. The lowest BCUT2D eigenvalue weighted by Gasteiger charge is -2.37. The Hall–Kier alpha value is -3.02. The molecule has 31 heavy (non-hydrogen) atoms. The monoisotopic (exact) mass is 418 g/mol. The van der Waals surface area contributed by atoms with E-state index in [0.29, 0.717) is 18.2 Å². The zero-order valence-corrected chi connectivity index (χ0v) is 17.4. The van der Waals surface area contributed by atoms with Gasteiger partial charge in [-0.05, 0) is 59.4 Å². The van der Waals surface area contributed by atoms with Gasteiger partial charge < -0.3 is 10.4 Å². The number of rotatable bonds is 8. The van der Waals surface area contributed by atoms with Crippen molar-refractivity contribution in [2.45, 2.75) is 32.0 Å². The van der Waals surface area contributed by atoms with Crippen LogP contribution in [0.1, 0.15) is 32.6 Å². The van der Waals surface area contributed by atoms with E-state index in [1.54, 1.807) is 12.1 Å². The van der Waals surface area contributed by atoms with Gasteiger partial charge in [-0.25, -0.2) is 9.18 Å². The van der Waals surface area contributed by atoms with Gasteiger partial charge in [-0.15, -0.1) is 0 Å². The van der Waals surface area contributed by atoms with Gasteiger partial charge in [-0.2, -0.15) is 0 Å². The van der Waals surface area contributed by atoms with Crippen LogP contribution in [0.25, 0.3) is 0 Å². The molecule has 2 N–H and O–H groups in total. The molecule has 0 saturated carbocycles. The number of carboxylic acid groups (broad SMARTS) is 1. The minimum absolute atomic E-state index is 0.199. The fourth-order valence-electron chi connectivity index (χ4n) is 4.22. The molecule has 1 aliphatic rings. The molecular weight excluding hydrogens is 391 g/mol. The van der Waals surface area contributed by atoms with Crippen molar-refractivity contribution in [1.29, 1.82) is 0 Å². The maximum absolute atomic E-state index is 13.3. The molecule has 0 radical (unpaired) electrons. The topological polar surface area (TPSA) is 52.6 Å². The van der Waals surface area contributed by atoms with Crippen LogP contribution in [-0.4, -0.2) is 35.1 Å². The number of nitrogens with zero attached hydrogens (tertiary/aromatic N) is 1. The summed E-state index contributed by atoms with van der Waals surface area (Å²) in [4.78, 5) is 13.5. The zero-order valence-electron chi connectivity index (χ0n) is 17.4. The fraction of sp³-hybridized carbons (Fsp3) is 0.269. The van der Waals surface area contributed by atoms with E-state index in [1.165, 1.54) is 23.3 Å². The molecular formula is C26H27FN2O2. The number of carboxylic acids is 1. The van der Waals surface area contributed by atoms with Crippen LogP contribution in [0, 0.1) is 5.82 Å². The molecule has 1 aliphatic heterocycles. The SMILES string of the molecule is O=C(O)c1ccc(CNCCN2Cc3ccccc3CC2Cc2ccc(F)cc2)cc1. The summed E-state index contributed by atoms with van der Waals surface area (Å²) in [6.07, 6.45) is 1.88. The summed E-state index contributed by atoms with van der Waals surface area (Å²) in [6, 6.07) is 22.8. The highest BCUT2D eigenvalue weighted by atomic mass is 19.1. The third-order valence-corrected chi connectivity index (χ3v) is 5.95. The van der Waals surface area contributed by atoms with Crippen molar-refractivity contribution < 1.29 is 14.3 Å². The lowest BCUT2D eigenvalue weighted by Crippen LogP contribution is -2.44. The molecule has 0 fully saturated rings. The number of carbonyl (C=O) groups is 1. The van der Waals surface area contributed by atoms with Crippen molar-refractivity contribution in [1.82, 2.24) is 10.2 Å². The number of halogens is 1. The molecule has 0 aromatic heterocycles. The lowest BCUT2D eigenvalue weighted by atomic mass is 9.90. The first-order chi connectivity index (χ1) is 15.1. The summed E-state index contributed by atoms with van der Waals surface area (Å²) in [6.45, 7) is 3.36. The Labute approximate surface area is 182 Å². The second kappa shape index (κ2) is 9.86. The standard InChI is InChI=1S/C26H27FN2O2/c27-24-11-7-19(8-12-24)15-25-16-22-3-1-2-4-23(22)18-29(25)14-13-28-17-20-5-9-21(10-6-20)26(30)31/h1-12,25,28H,13-18H2,(H,30,31). The van der Waals surface area contributed by atoms with Crippen LogP contribution < -0.4 is 5.32 Å². The van der Waals surface area contributed by atoms with E-state index in [4.69, 9.17) is 5.11 Å². The van der Waals surface area contributed by atoms with Gasteiger partial charge in [-0.3, -0.25) is 4.90 Å². The van der Waals surface area contributed by atoms with E-state index < -0.39 is 5.97 Å². The maximum Gasteiger partial charge on any atom is 0.335 e. The highest BCUT2D eigenvalue weighted by Gasteiger charge is 2.25. The van der Waals surface area contributed by atoms with Crippen molar-refractivity contribution in [3.05, 3.63) is 106 Å². The quantitative estimate of drug-likeness (QED) is 0.536. The van der Waals surface area contributed by atoms with Crippen molar-refractivity contribution in [2.24, 2.45) is 0 Å². The Kier molecular flexibility index (Phi) is 6.75. The van der Waals surface area contributed by atoms with Crippen LogP contribution in [-0.2, 0) is 25.9 Å². The van der Waals surface area contributed by atoms with Crippen molar-refractivity contribution in [3.63, 3.8) is 0 Å². The Morgan fingerprint density at radius 1 is 0.968 bits per heavy atom. The summed E-state index contributed by atoms with van der Waals surface area (Å²) < 4.78 is 13.3. The van der Waals surface area contributed by atoms with E-state index in [1.807, 2.05) is 24.3 Å². The molecule has 0 saturated heterocycles. The molecule has 0 aliphatic carbocycles. The molecule has 0 amide bonds. The van der Waals surface area contributed by atoms with Crippen LogP contribution in [0.4, 0.5) is 4.39 Å². The van der Waals surface area contributed by atoms with Crippen LogP contribution >= 0.6 is 0 Å². The van der Waals surface area contributed by atoms with Crippen molar-refractivity contribution in [2.75, 3.05) is 13.1 Å². The van der Waals surface area contributed by atoms with Crippen molar-refractivity contribution >= 4 is 5.97 Å². The molecule has 1 unspecified atom stereocenters. The summed E-state index contributed by atoms with van der Waals surface area (Å²) in [5.41, 5.74) is 5.30. The van der Waals surface area contributed by atoms with Crippen LogP contribution in [0.15, 0.2) is 72.8 Å². The Morgan fingerprint density at radius 2 is 1.65 bits per heavy atom. The Morgan fingerprint density at radius 3 is 2.35 bits per heavy atom. The number of nitrogens with one attached hydrogen (secondary N) is 1. The number of aromatic carboxylic acids is 1. The number of hydrogen-bond donors (Lipinski definition) is 2. The second-order valence-electron chi connectivity index (χ2n) is 8.11. The third kappa shape index (κ3) is 5.57. The van der Waals surface area contributed by atoms with E-state index in [2.05, 4.69) is 34.5 Å². The summed E-state index contributed by atoms with van der Waals surface area (Å²) in [5, 5.41) is 12.5. The molecule has 3 aromatic carbocycles. The molecule has 160 valence electrons. The number of fused-ring (bicyclic) bond motifs is 1. The van der Waals surface area contributed by atoms with Crippen LogP contribution in [0.3, 0.4) is 0 Å². The van der Waals surface area contributed by atoms with Crippen LogP contribution in [0.2, 0.25) is 0 Å². The molecule has 5 heteroatoms. The maximum atomic E-state index is 13.3. The van der Waals surface area contributed by atoms with Crippen molar-refractivity contribution in [3.8, 4) is 0 Å². The van der Waals surface area contributed by atoms with Gasteiger partial charge in [-0.1, -0.05) is 48.5 Å². The minimum Gasteiger partial charge on any atom is -0.478 e. The Balaban J connectivity index is 1.36. The predicted molar refractivity (Wildman–Crippen MR) is 120 cm³/mol. The normalized spacial score (nSPS) is 16.1. The molecule has 4 nitrogen and oxygen atoms in total. The van der Waals surface area contributed by atoms with Gasteiger partial charge >= 0.3 is 5.97 Å². The number of hydrogen-bond acceptors (Lipinski definition) is 3. The first-order valence-electron chi connectivity index (χ1n) is 10.7. The molecule has 3 aromatic rings. The molecule has 0 spiro atoms. The van der Waals surface area contributed by atoms with E-state index in [9.17, 15) is 9.18 Å². The smallest absolute Gasteiger partial charge is 0.335 e. The van der Waals surface area contributed by atoms with Gasteiger partial charge in [0.2, 0.25) is 0 Å². The molecule has 1 atom stereocenters. The highest BCUT2D eigenvalue weighted by molar-refractivity contribution is 5.87. The predicted octanol–water partition coefficient (Wildman–Crippen LogP) is 4.28. The van der Waals surface area contributed by atoms with Gasteiger partial charge in [0.05, 0.1) is 5.56 Å². The summed E-state index contributed by atoms with van der Waals surface area (Å²) >= 11 is 0. The van der Waals surface area contributed by atoms with Crippen LogP contribution in [0.5, 0.6) is 0 Å². The van der Waals surface area contributed by atoms with Gasteiger partial charge in [0.1, 0.15) is 5.82 Å². The van der Waals surface area contributed by atoms with Gasteiger partial charge in [0.25, 0.3) is 0 Å². The van der Waals surface area contributed by atoms with Gasteiger partial charge in [0, 0.05) is 32.2 Å². The zero-order chi connectivity index (χ0) is 21.6. The third-order valence-electron chi connectivity index (χ3n) is 5.95. The average Bonchev–Trinajstić information content (AvgIpc) is 2.78. The average molecular weight is 419 g/mol. The minimum atomic E-state index is -0.905. The Bertz CT molecular complexity index is 1020. The first kappa shape index (κ1) is 21.2. The molecule has 4 rings (SSSR count). The first-order valence-corrected chi connectivity index (χ1v) is 10.7. The molecule has 0 bridgehead atoms. The largest absolute Gasteiger partial charge is 0.478 e.